The largest absolute Gasteiger partial charge is 0.487 e. The van der Waals surface area contributed by atoms with Gasteiger partial charge in [-0.05, 0) is 46.9 Å². The molecule has 0 bridgehead atoms. The van der Waals surface area contributed by atoms with Crippen molar-refractivity contribution in [1.82, 2.24) is 0 Å². The number of rotatable bonds is 6. The predicted octanol–water partition coefficient (Wildman–Crippen LogP) is 5.52. The zero-order valence-corrected chi connectivity index (χ0v) is 15.2. The first kappa shape index (κ1) is 18.0. The van der Waals surface area contributed by atoms with Crippen LogP contribution in [0.15, 0.2) is 66.7 Å². The second-order valence-electron chi connectivity index (χ2n) is 6.19. The second kappa shape index (κ2) is 8.07. The molecule has 3 nitrogen and oxygen atoms in total. The molecular weight excluding hydrogens is 348 g/mol. The Kier molecular flexibility index (Phi) is 5.59. The normalized spacial score (nSPS) is 10.5. The van der Waals surface area contributed by atoms with Gasteiger partial charge >= 0.3 is 5.97 Å². The summed E-state index contributed by atoms with van der Waals surface area (Å²) in [5.41, 5.74) is 4.95. The Balaban J connectivity index is 1.69. The van der Waals surface area contributed by atoms with Crippen LogP contribution < -0.4 is 4.74 Å². The van der Waals surface area contributed by atoms with Gasteiger partial charge in [0.1, 0.15) is 12.4 Å². The van der Waals surface area contributed by atoms with E-state index in [-0.39, 0.29) is 6.42 Å². The summed E-state index contributed by atoms with van der Waals surface area (Å²) >= 11 is 6.19. The van der Waals surface area contributed by atoms with Gasteiger partial charge in [0.25, 0.3) is 0 Å². The fourth-order valence-corrected chi connectivity index (χ4v) is 3.00. The van der Waals surface area contributed by atoms with Gasteiger partial charge in [0, 0.05) is 0 Å². The zero-order chi connectivity index (χ0) is 18.5. The lowest BCUT2D eigenvalue weighted by molar-refractivity contribution is -0.136. The summed E-state index contributed by atoms with van der Waals surface area (Å²) in [6.45, 7) is 2.42. The van der Waals surface area contributed by atoms with Crippen molar-refractivity contribution in [3.63, 3.8) is 0 Å². The minimum atomic E-state index is -0.829. The van der Waals surface area contributed by atoms with E-state index < -0.39 is 5.97 Å². The summed E-state index contributed by atoms with van der Waals surface area (Å²) in [6.07, 6.45) is 0.0249. The third-order valence-electron chi connectivity index (χ3n) is 4.05. The number of aliphatic carboxylic acids is 1. The third-order valence-corrected chi connectivity index (χ3v) is 4.35. The van der Waals surface area contributed by atoms with Crippen molar-refractivity contribution >= 4 is 17.6 Å². The lowest BCUT2D eigenvalue weighted by atomic mass is 10.0. The van der Waals surface area contributed by atoms with Gasteiger partial charge in [-0.15, -0.1) is 0 Å². The number of carbonyl (C=O) groups is 1. The summed E-state index contributed by atoms with van der Waals surface area (Å²) in [4.78, 5) is 10.9. The fourth-order valence-electron chi connectivity index (χ4n) is 2.71. The Labute approximate surface area is 157 Å². The average molecular weight is 367 g/mol. The second-order valence-corrected chi connectivity index (χ2v) is 6.60. The third kappa shape index (κ3) is 4.64. The number of carboxylic acid groups (broad SMARTS) is 1. The summed E-state index contributed by atoms with van der Waals surface area (Å²) < 4.78 is 5.79. The molecule has 3 rings (SSSR count). The van der Waals surface area contributed by atoms with Crippen LogP contribution in [0.25, 0.3) is 11.1 Å². The smallest absolute Gasteiger partial charge is 0.307 e. The summed E-state index contributed by atoms with van der Waals surface area (Å²) in [7, 11) is 0. The molecule has 3 aromatic rings. The Bertz CT molecular complexity index is 917. The molecule has 0 aliphatic carbocycles. The molecule has 4 heteroatoms. The first-order valence-corrected chi connectivity index (χ1v) is 8.68. The van der Waals surface area contributed by atoms with Gasteiger partial charge in [0.05, 0.1) is 11.4 Å². The molecule has 0 aliphatic heterocycles. The highest BCUT2D eigenvalue weighted by Crippen LogP contribution is 2.26. The minimum absolute atomic E-state index is 0.0249. The number of hydrogen-bond donors (Lipinski definition) is 1. The maximum Gasteiger partial charge on any atom is 0.307 e. The van der Waals surface area contributed by atoms with E-state index in [0.717, 1.165) is 27.8 Å². The van der Waals surface area contributed by atoms with E-state index in [1.807, 2.05) is 73.7 Å². The van der Waals surface area contributed by atoms with Gasteiger partial charge in [0.15, 0.2) is 0 Å². The van der Waals surface area contributed by atoms with E-state index in [0.29, 0.717) is 17.4 Å². The molecule has 0 aromatic heterocycles. The lowest BCUT2D eigenvalue weighted by Gasteiger charge is -2.10. The van der Waals surface area contributed by atoms with E-state index >= 15 is 0 Å². The summed E-state index contributed by atoms with van der Waals surface area (Å²) in [5, 5.41) is 9.54. The Morgan fingerprint density at radius 3 is 2.42 bits per heavy atom. The lowest BCUT2D eigenvalue weighted by Crippen LogP contribution is -1.99. The molecule has 0 saturated heterocycles. The monoisotopic (exact) mass is 366 g/mol. The van der Waals surface area contributed by atoms with Gasteiger partial charge in [-0.1, -0.05) is 66.2 Å². The Hall–Kier alpha value is -2.78. The topological polar surface area (TPSA) is 46.5 Å². The first-order valence-electron chi connectivity index (χ1n) is 8.30. The molecule has 132 valence electrons. The maximum absolute atomic E-state index is 10.9. The van der Waals surface area contributed by atoms with Crippen LogP contribution in [0.5, 0.6) is 5.75 Å². The quantitative estimate of drug-likeness (QED) is 0.624. The van der Waals surface area contributed by atoms with Crippen molar-refractivity contribution in [2.45, 2.75) is 20.0 Å². The van der Waals surface area contributed by atoms with Crippen molar-refractivity contribution in [2.75, 3.05) is 0 Å². The number of benzene rings is 3. The van der Waals surface area contributed by atoms with Gasteiger partial charge in [-0.3, -0.25) is 4.79 Å². The molecule has 0 amide bonds. The van der Waals surface area contributed by atoms with Gasteiger partial charge in [-0.25, -0.2) is 0 Å². The standard InChI is InChI=1S/C22H19ClO3/c1-15-5-10-21(20(23)11-15)26-14-16-6-8-18(9-7-16)19-4-2-3-17(12-19)13-22(24)25/h2-12H,13-14H2,1H3,(H,24,25). The molecule has 0 spiro atoms. The van der Waals surface area contributed by atoms with E-state index in [2.05, 4.69) is 0 Å². The minimum Gasteiger partial charge on any atom is -0.487 e. The highest BCUT2D eigenvalue weighted by molar-refractivity contribution is 6.32. The molecule has 1 N–H and O–H groups in total. The van der Waals surface area contributed by atoms with Crippen LogP contribution in [0.3, 0.4) is 0 Å². The molecule has 0 saturated carbocycles. The summed E-state index contributed by atoms with van der Waals surface area (Å²) in [5.74, 6) is -0.160. The summed E-state index contributed by atoms with van der Waals surface area (Å²) in [6, 6.07) is 21.3. The molecular formula is C22H19ClO3. The van der Waals surface area contributed by atoms with Crippen LogP contribution in [0.2, 0.25) is 5.02 Å². The van der Waals surface area contributed by atoms with Crippen molar-refractivity contribution in [3.8, 4) is 16.9 Å². The van der Waals surface area contributed by atoms with Crippen LogP contribution in [0.4, 0.5) is 0 Å². The SMILES string of the molecule is Cc1ccc(OCc2ccc(-c3cccc(CC(=O)O)c3)cc2)c(Cl)c1. The van der Waals surface area contributed by atoms with Crippen molar-refractivity contribution < 1.29 is 14.6 Å². The van der Waals surface area contributed by atoms with Crippen LogP contribution in [0, 0.1) is 6.92 Å². The predicted molar refractivity (Wildman–Crippen MR) is 104 cm³/mol. The number of carboxylic acids is 1. The number of halogens is 1. The first-order chi connectivity index (χ1) is 12.5. The molecule has 0 fully saturated rings. The maximum atomic E-state index is 10.9. The Morgan fingerprint density at radius 1 is 0.962 bits per heavy atom. The van der Waals surface area contributed by atoms with Crippen molar-refractivity contribution in [3.05, 3.63) is 88.4 Å². The number of aryl methyl sites for hydroxylation is 1. The number of hydrogen-bond acceptors (Lipinski definition) is 2. The van der Waals surface area contributed by atoms with E-state index in [1.165, 1.54) is 0 Å². The zero-order valence-electron chi connectivity index (χ0n) is 14.4. The van der Waals surface area contributed by atoms with Crippen LogP contribution in [-0.4, -0.2) is 11.1 Å². The Morgan fingerprint density at radius 2 is 1.73 bits per heavy atom. The van der Waals surface area contributed by atoms with E-state index in [9.17, 15) is 4.79 Å². The van der Waals surface area contributed by atoms with Crippen molar-refractivity contribution in [1.29, 1.82) is 0 Å². The van der Waals surface area contributed by atoms with Gasteiger partial charge in [0.2, 0.25) is 0 Å². The molecule has 0 unspecified atom stereocenters. The molecule has 26 heavy (non-hydrogen) atoms. The average Bonchev–Trinajstić information content (AvgIpc) is 2.61. The number of ether oxygens (including phenoxy) is 1. The molecule has 3 aromatic carbocycles. The highest BCUT2D eigenvalue weighted by atomic mass is 35.5. The molecule has 0 atom stereocenters. The van der Waals surface area contributed by atoms with E-state index in [1.54, 1.807) is 0 Å². The molecule has 0 heterocycles. The molecule has 0 aliphatic rings. The van der Waals surface area contributed by atoms with Gasteiger partial charge < -0.3 is 9.84 Å². The van der Waals surface area contributed by atoms with Crippen molar-refractivity contribution in [2.24, 2.45) is 0 Å². The highest BCUT2D eigenvalue weighted by Gasteiger charge is 2.05. The fraction of sp³-hybridized carbons (Fsp3) is 0.136. The van der Waals surface area contributed by atoms with E-state index in [4.69, 9.17) is 21.4 Å². The van der Waals surface area contributed by atoms with Gasteiger partial charge in [-0.2, -0.15) is 0 Å². The van der Waals surface area contributed by atoms with Crippen LogP contribution >= 0.6 is 11.6 Å². The van der Waals surface area contributed by atoms with Crippen LogP contribution in [0.1, 0.15) is 16.7 Å². The van der Waals surface area contributed by atoms with Crippen LogP contribution in [-0.2, 0) is 17.8 Å². The molecule has 0 radical (unpaired) electrons.